The van der Waals surface area contributed by atoms with Crippen LogP contribution in [-0.2, 0) is 6.18 Å². The fourth-order valence-corrected chi connectivity index (χ4v) is 2.84. The topological polar surface area (TPSA) is 7.60 Å². The first-order valence-electron chi connectivity index (χ1n) is 7.49. The van der Waals surface area contributed by atoms with Crippen molar-refractivity contribution < 1.29 is 13.2 Å². The van der Waals surface area contributed by atoms with Crippen molar-refractivity contribution in [3.8, 4) is 0 Å². The predicted octanol–water partition coefficient (Wildman–Crippen LogP) is 6.77. The molecule has 0 saturated carbocycles. The highest BCUT2D eigenvalue weighted by atomic mass is 79.9. The van der Waals surface area contributed by atoms with Crippen molar-refractivity contribution in [1.29, 1.82) is 0 Å². The fourth-order valence-electron chi connectivity index (χ4n) is 2.57. The zero-order valence-corrected chi connectivity index (χ0v) is 15.1. The van der Waals surface area contributed by atoms with Gasteiger partial charge in [-0.25, -0.2) is 4.85 Å². The van der Waals surface area contributed by atoms with Crippen LogP contribution < -0.4 is 4.90 Å². The Hall–Kier alpha value is -2.26. The van der Waals surface area contributed by atoms with Gasteiger partial charge in [0, 0.05) is 16.7 Å². The fraction of sp³-hybridized carbons (Fsp3) is 0.211. The molecule has 0 saturated heterocycles. The van der Waals surface area contributed by atoms with Crippen LogP contribution in [0.15, 0.2) is 59.6 Å². The number of rotatable bonds is 5. The highest BCUT2D eigenvalue weighted by Gasteiger charge is 2.34. The zero-order valence-electron chi connectivity index (χ0n) is 13.5. The van der Waals surface area contributed by atoms with Gasteiger partial charge < -0.3 is 4.90 Å². The van der Waals surface area contributed by atoms with Crippen molar-refractivity contribution in [3.05, 3.63) is 82.1 Å². The van der Waals surface area contributed by atoms with Crippen LogP contribution in [-0.4, -0.2) is 6.54 Å². The zero-order chi connectivity index (χ0) is 18.6. The van der Waals surface area contributed by atoms with E-state index < -0.39 is 17.4 Å². The molecule has 0 aliphatic heterocycles. The molecule has 0 spiro atoms. The van der Waals surface area contributed by atoms with Crippen molar-refractivity contribution in [1.82, 2.24) is 0 Å². The van der Waals surface area contributed by atoms with Crippen LogP contribution in [0.2, 0.25) is 0 Å². The summed E-state index contributed by atoms with van der Waals surface area (Å²) in [5, 5.41) is 0. The number of nitrogens with zero attached hydrogens (tertiary/aromatic N) is 2. The van der Waals surface area contributed by atoms with E-state index in [4.69, 9.17) is 6.57 Å². The molecule has 0 amide bonds. The van der Waals surface area contributed by atoms with Gasteiger partial charge in [-0.2, -0.15) is 13.2 Å². The van der Waals surface area contributed by atoms with Gasteiger partial charge >= 0.3 is 6.18 Å². The molecule has 0 fully saturated rings. The van der Waals surface area contributed by atoms with Crippen LogP contribution in [0.25, 0.3) is 4.85 Å². The molecule has 0 N–H and O–H groups in total. The van der Waals surface area contributed by atoms with Gasteiger partial charge in [0.15, 0.2) is 5.69 Å². The van der Waals surface area contributed by atoms with Crippen molar-refractivity contribution >= 4 is 27.3 Å². The summed E-state index contributed by atoms with van der Waals surface area (Å²) >= 11 is 3.37. The average Bonchev–Trinajstić information content (AvgIpc) is 2.58. The van der Waals surface area contributed by atoms with Crippen LogP contribution in [0, 0.1) is 6.57 Å². The molecule has 2 aromatic carbocycles. The van der Waals surface area contributed by atoms with Gasteiger partial charge in [0.25, 0.3) is 0 Å². The standard InChI is InChI=1S/C19H16BrF3N2/c1-4-11-25(13(2)14-5-7-15(20)8-6-14)16-9-10-18(24-3)17(12-16)19(21,22)23/h4-10,12-13H,1,11H2,2H3/t13-/m1/s1. The maximum atomic E-state index is 13.2. The maximum absolute atomic E-state index is 13.2. The van der Waals surface area contributed by atoms with Gasteiger partial charge in [-0.05, 0) is 36.8 Å². The predicted molar refractivity (Wildman–Crippen MR) is 97.8 cm³/mol. The summed E-state index contributed by atoms with van der Waals surface area (Å²) in [5.74, 6) is 0. The van der Waals surface area contributed by atoms with Gasteiger partial charge in [0.05, 0.1) is 18.2 Å². The van der Waals surface area contributed by atoms with Gasteiger partial charge in [0.2, 0.25) is 0 Å². The normalized spacial score (nSPS) is 12.3. The van der Waals surface area contributed by atoms with E-state index in [9.17, 15) is 13.2 Å². The summed E-state index contributed by atoms with van der Waals surface area (Å²) in [7, 11) is 0. The van der Waals surface area contributed by atoms with Gasteiger partial charge in [0.1, 0.15) is 0 Å². The molecule has 0 aromatic heterocycles. The second kappa shape index (κ2) is 7.75. The molecule has 1 atom stereocenters. The van der Waals surface area contributed by atoms with E-state index in [-0.39, 0.29) is 6.04 Å². The molecule has 2 aromatic rings. The minimum atomic E-state index is -4.57. The largest absolute Gasteiger partial charge is 0.407 e. The first-order chi connectivity index (χ1) is 11.8. The third-order valence-electron chi connectivity index (χ3n) is 3.88. The van der Waals surface area contributed by atoms with E-state index in [0.717, 1.165) is 16.1 Å². The number of alkyl halides is 3. The second-order valence-corrected chi connectivity index (χ2v) is 6.40. The van der Waals surface area contributed by atoms with Crippen LogP contribution in [0.4, 0.5) is 24.5 Å². The van der Waals surface area contributed by atoms with Crippen molar-refractivity contribution in [3.63, 3.8) is 0 Å². The number of hydrogen-bond acceptors (Lipinski definition) is 1. The highest BCUT2D eigenvalue weighted by molar-refractivity contribution is 9.10. The Balaban J connectivity index is 2.48. The summed E-state index contributed by atoms with van der Waals surface area (Å²) < 4.78 is 40.7. The number of hydrogen-bond donors (Lipinski definition) is 0. The molecular formula is C19H16BrF3N2. The monoisotopic (exact) mass is 408 g/mol. The third kappa shape index (κ3) is 4.43. The summed E-state index contributed by atoms with van der Waals surface area (Å²) in [6, 6.07) is 11.3. The first-order valence-corrected chi connectivity index (χ1v) is 8.29. The van der Waals surface area contributed by atoms with Crippen LogP contribution in [0.3, 0.4) is 0 Å². The quantitative estimate of drug-likeness (QED) is 0.391. The van der Waals surface area contributed by atoms with Crippen LogP contribution >= 0.6 is 15.9 Å². The van der Waals surface area contributed by atoms with E-state index >= 15 is 0 Å². The Morgan fingerprint density at radius 3 is 2.40 bits per heavy atom. The SMILES string of the molecule is [C-]#[N+]c1ccc(N(CC=C)[C@H](C)c2ccc(Br)cc2)cc1C(F)(F)F. The first kappa shape index (κ1) is 19.1. The smallest absolute Gasteiger partial charge is 0.361 e. The van der Waals surface area contributed by atoms with E-state index in [1.165, 1.54) is 6.07 Å². The lowest BCUT2D eigenvalue weighted by atomic mass is 10.0. The summed E-state index contributed by atoms with van der Waals surface area (Å²) in [6.45, 7) is 13.0. The molecule has 130 valence electrons. The van der Waals surface area contributed by atoms with E-state index in [1.54, 1.807) is 12.1 Å². The minimum Gasteiger partial charge on any atom is -0.361 e. The summed E-state index contributed by atoms with van der Waals surface area (Å²) in [5.41, 5.74) is 0.0473. The molecular weight excluding hydrogens is 393 g/mol. The Bertz CT molecular complexity index is 792. The highest BCUT2D eigenvalue weighted by Crippen LogP contribution is 2.40. The molecule has 0 aliphatic rings. The second-order valence-electron chi connectivity index (χ2n) is 5.48. The average molecular weight is 409 g/mol. The van der Waals surface area contributed by atoms with E-state index in [1.807, 2.05) is 36.1 Å². The van der Waals surface area contributed by atoms with Crippen molar-refractivity contribution in [2.75, 3.05) is 11.4 Å². The summed E-state index contributed by atoms with van der Waals surface area (Å²) in [4.78, 5) is 4.80. The lowest BCUT2D eigenvalue weighted by Crippen LogP contribution is -2.27. The van der Waals surface area contributed by atoms with Gasteiger partial charge in [-0.15, -0.1) is 6.58 Å². The molecule has 2 nitrogen and oxygen atoms in total. The molecule has 0 radical (unpaired) electrons. The summed E-state index contributed by atoms with van der Waals surface area (Å²) in [6.07, 6.45) is -2.93. The Kier molecular flexibility index (Phi) is 5.91. The Morgan fingerprint density at radius 1 is 1.24 bits per heavy atom. The Labute approximate surface area is 153 Å². The lowest BCUT2D eigenvalue weighted by Gasteiger charge is -2.31. The Morgan fingerprint density at radius 2 is 1.88 bits per heavy atom. The van der Waals surface area contributed by atoms with E-state index in [0.29, 0.717) is 12.2 Å². The molecule has 25 heavy (non-hydrogen) atoms. The molecule has 0 unspecified atom stereocenters. The van der Waals surface area contributed by atoms with Crippen LogP contribution in [0.5, 0.6) is 0 Å². The molecule has 0 aliphatic carbocycles. The maximum Gasteiger partial charge on any atom is 0.407 e. The van der Waals surface area contributed by atoms with Crippen LogP contribution in [0.1, 0.15) is 24.1 Å². The number of benzene rings is 2. The number of halogens is 4. The molecule has 0 heterocycles. The van der Waals surface area contributed by atoms with Gasteiger partial charge in [-0.3, -0.25) is 0 Å². The molecule has 6 heteroatoms. The third-order valence-corrected chi connectivity index (χ3v) is 4.41. The molecule has 0 bridgehead atoms. The van der Waals surface area contributed by atoms with E-state index in [2.05, 4.69) is 27.4 Å². The van der Waals surface area contributed by atoms with Crippen molar-refractivity contribution in [2.45, 2.75) is 19.1 Å². The molecule has 2 rings (SSSR count). The lowest BCUT2D eigenvalue weighted by molar-refractivity contribution is -0.136. The minimum absolute atomic E-state index is 0.161. The number of anilines is 1. The van der Waals surface area contributed by atoms with Gasteiger partial charge in [-0.1, -0.05) is 40.2 Å². The van der Waals surface area contributed by atoms with Crippen molar-refractivity contribution in [2.24, 2.45) is 0 Å².